The van der Waals surface area contributed by atoms with E-state index in [9.17, 15) is 0 Å². The highest BCUT2D eigenvalue weighted by Gasteiger charge is 2.37. The molecule has 48 heavy (non-hydrogen) atoms. The second kappa shape index (κ2) is 11.2. The summed E-state index contributed by atoms with van der Waals surface area (Å²) in [5.74, 6) is 0. The topological polar surface area (TPSA) is 3.24 Å². The standard InChI is InChI=1S/C46H35NSi/c1-48(2)45-19-11-10-18-42(45)43-29-24-35(31-46(43)48)34-22-27-38(28-23-34)47(37-25-20-33(21-26-37)32-12-4-3-5-13-32)44-30-36-14-6-7-15-39(36)40-16-8-9-17-41(40)44/h3-31H,1-2H3. The molecule has 0 saturated carbocycles. The van der Waals surface area contributed by atoms with Gasteiger partial charge in [-0.2, -0.15) is 0 Å². The number of nitrogens with zero attached hydrogens (tertiary/aromatic N) is 1. The number of fused-ring (bicyclic) bond motifs is 6. The molecule has 1 heterocycles. The quantitative estimate of drug-likeness (QED) is 0.135. The number of hydrogen-bond acceptors (Lipinski definition) is 1. The highest BCUT2D eigenvalue weighted by Crippen LogP contribution is 2.43. The SMILES string of the molecule is C[Si]1(C)c2ccccc2-c2ccc(-c3ccc(N(c4ccc(-c5ccccc5)cc4)c4cc5ccccc5c5ccccc45)cc3)cc21. The van der Waals surface area contributed by atoms with E-state index in [1.807, 2.05) is 0 Å². The molecule has 0 aliphatic carbocycles. The second-order valence-corrected chi connectivity index (χ2v) is 17.7. The van der Waals surface area contributed by atoms with Gasteiger partial charge in [0.15, 0.2) is 0 Å². The lowest BCUT2D eigenvalue weighted by molar-refractivity contribution is 1.30. The van der Waals surface area contributed by atoms with E-state index in [1.165, 1.54) is 65.8 Å². The Morgan fingerprint density at radius 1 is 0.375 bits per heavy atom. The van der Waals surface area contributed by atoms with Crippen LogP contribution in [0.3, 0.4) is 0 Å². The molecule has 1 aliphatic rings. The molecule has 0 atom stereocenters. The highest BCUT2D eigenvalue weighted by molar-refractivity contribution is 7.03. The van der Waals surface area contributed by atoms with Gasteiger partial charge in [0.2, 0.25) is 0 Å². The lowest BCUT2D eigenvalue weighted by Crippen LogP contribution is -2.49. The Balaban J connectivity index is 1.17. The van der Waals surface area contributed by atoms with Gasteiger partial charge in [-0.3, -0.25) is 0 Å². The fourth-order valence-electron chi connectivity index (χ4n) is 7.77. The first kappa shape index (κ1) is 28.5. The molecule has 0 radical (unpaired) electrons. The van der Waals surface area contributed by atoms with E-state index in [0.29, 0.717) is 0 Å². The normalized spacial score (nSPS) is 13.0. The van der Waals surface area contributed by atoms with Gasteiger partial charge in [0, 0.05) is 16.8 Å². The first-order chi connectivity index (χ1) is 23.6. The van der Waals surface area contributed by atoms with Crippen LogP contribution < -0.4 is 15.3 Å². The molecule has 1 nitrogen and oxygen atoms in total. The summed E-state index contributed by atoms with van der Waals surface area (Å²) in [5, 5.41) is 8.09. The van der Waals surface area contributed by atoms with Crippen molar-refractivity contribution in [2.75, 3.05) is 4.90 Å². The minimum absolute atomic E-state index is 1.13. The minimum Gasteiger partial charge on any atom is -0.310 e. The Morgan fingerprint density at radius 2 is 0.896 bits per heavy atom. The molecular formula is C46H35NSi. The minimum atomic E-state index is -1.75. The third-order valence-electron chi connectivity index (χ3n) is 10.3. The first-order valence-corrected chi connectivity index (χ1v) is 19.8. The van der Waals surface area contributed by atoms with Gasteiger partial charge < -0.3 is 4.90 Å². The lowest BCUT2D eigenvalue weighted by atomic mass is 9.98. The summed E-state index contributed by atoms with van der Waals surface area (Å²) in [6.45, 7) is 4.97. The zero-order chi connectivity index (χ0) is 32.2. The van der Waals surface area contributed by atoms with Crippen molar-refractivity contribution in [3.05, 3.63) is 176 Å². The Hall–Kier alpha value is -5.70. The number of benzene rings is 8. The summed E-state index contributed by atoms with van der Waals surface area (Å²) in [6.07, 6.45) is 0. The fourth-order valence-corrected chi connectivity index (χ4v) is 10.9. The van der Waals surface area contributed by atoms with Crippen LogP contribution in [0.15, 0.2) is 176 Å². The fraction of sp³-hybridized carbons (Fsp3) is 0.0435. The maximum absolute atomic E-state index is 2.49. The van der Waals surface area contributed by atoms with Crippen LogP contribution in [0, 0.1) is 0 Å². The molecular weight excluding hydrogens is 595 g/mol. The van der Waals surface area contributed by atoms with Crippen LogP contribution in [0.5, 0.6) is 0 Å². The summed E-state index contributed by atoms with van der Waals surface area (Å²) in [6, 6.07) is 64.7. The Labute approximate surface area is 283 Å². The van der Waals surface area contributed by atoms with Gasteiger partial charge >= 0.3 is 0 Å². The molecule has 0 aromatic heterocycles. The predicted molar refractivity (Wildman–Crippen MR) is 209 cm³/mol. The summed E-state index contributed by atoms with van der Waals surface area (Å²) in [7, 11) is -1.75. The van der Waals surface area contributed by atoms with Gasteiger partial charge in [-0.05, 0) is 90.2 Å². The summed E-state index contributed by atoms with van der Waals surface area (Å²) in [5.41, 5.74) is 11.2. The monoisotopic (exact) mass is 629 g/mol. The van der Waals surface area contributed by atoms with Crippen LogP contribution >= 0.6 is 0 Å². The molecule has 9 rings (SSSR count). The summed E-state index contributed by atoms with van der Waals surface area (Å²) >= 11 is 0. The van der Waals surface area contributed by atoms with E-state index < -0.39 is 8.07 Å². The van der Waals surface area contributed by atoms with Crippen LogP contribution in [-0.2, 0) is 0 Å². The van der Waals surface area contributed by atoms with Crippen molar-refractivity contribution in [1.29, 1.82) is 0 Å². The van der Waals surface area contributed by atoms with Gasteiger partial charge in [0.05, 0.1) is 5.69 Å². The average molecular weight is 630 g/mol. The molecule has 0 spiro atoms. The van der Waals surface area contributed by atoms with Crippen LogP contribution in [0.1, 0.15) is 0 Å². The number of hydrogen-bond donors (Lipinski definition) is 0. The van der Waals surface area contributed by atoms with Crippen LogP contribution in [0.25, 0.3) is 54.9 Å². The van der Waals surface area contributed by atoms with Gasteiger partial charge in [-0.15, -0.1) is 0 Å². The van der Waals surface area contributed by atoms with Gasteiger partial charge in [0.25, 0.3) is 0 Å². The number of rotatable bonds is 5. The van der Waals surface area contributed by atoms with E-state index in [4.69, 9.17) is 0 Å². The van der Waals surface area contributed by atoms with Crippen molar-refractivity contribution in [3.63, 3.8) is 0 Å². The van der Waals surface area contributed by atoms with Gasteiger partial charge in [0.1, 0.15) is 8.07 Å². The van der Waals surface area contributed by atoms with Crippen LogP contribution in [0.2, 0.25) is 13.1 Å². The molecule has 0 amide bonds. The molecule has 228 valence electrons. The Morgan fingerprint density at radius 3 is 1.62 bits per heavy atom. The Bertz CT molecular complexity index is 2460. The van der Waals surface area contributed by atoms with E-state index >= 15 is 0 Å². The Kier molecular flexibility index (Phi) is 6.67. The molecule has 0 bridgehead atoms. The summed E-state index contributed by atoms with van der Waals surface area (Å²) in [4.78, 5) is 2.42. The van der Waals surface area contributed by atoms with E-state index in [2.05, 4.69) is 194 Å². The van der Waals surface area contributed by atoms with Crippen molar-refractivity contribution in [2.45, 2.75) is 13.1 Å². The highest BCUT2D eigenvalue weighted by atomic mass is 28.3. The van der Waals surface area contributed by atoms with Gasteiger partial charge in [-0.1, -0.05) is 159 Å². The van der Waals surface area contributed by atoms with E-state index in [-0.39, 0.29) is 0 Å². The van der Waals surface area contributed by atoms with Crippen molar-refractivity contribution in [3.8, 4) is 33.4 Å². The molecule has 0 saturated heterocycles. The molecule has 8 aromatic rings. The molecule has 0 unspecified atom stereocenters. The predicted octanol–water partition coefficient (Wildman–Crippen LogP) is 11.6. The van der Waals surface area contributed by atoms with Gasteiger partial charge in [-0.25, -0.2) is 0 Å². The van der Waals surface area contributed by atoms with E-state index in [0.717, 1.165) is 11.4 Å². The van der Waals surface area contributed by atoms with Crippen molar-refractivity contribution >= 4 is 57.1 Å². The van der Waals surface area contributed by atoms with Crippen molar-refractivity contribution < 1.29 is 0 Å². The third-order valence-corrected chi connectivity index (χ3v) is 13.8. The maximum Gasteiger partial charge on any atom is 0.113 e. The van der Waals surface area contributed by atoms with E-state index in [1.54, 1.807) is 5.19 Å². The third kappa shape index (κ3) is 4.60. The molecule has 2 heteroatoms. The largest absolute Gasteiger partial charge is 0.310 e. The molecule has 1 aliphatic heterocycles. The smallest absolute Gasteiger partial charge is 0.113 e. The van der Waals surface area contributed by atoms with Crippen LogP contribution in [0.4, 0.5) is 17.1 Å². The second-order valence-electron chi connectivity index (χ2n) is 13.4. The van der Waals surface area contributed by atoms with Crippen LogP contribution in [-0.4, -0.2) is 8.07 Å². The zero-order valence-corrected chi connectivity index (χ0v) is 28.2. The van der Waals surface area contributed by atoms with Crippen molar-refractivity contribution in [1.82, 2.24) is 0 Å². The van der Waals surface area contributed by atoms with Crippen molar-refractivity contribution in [2.24, 2.45) is 0 Å². The molecule has 0 N–H and O–H groups in total. The molecule has 8 aromatic carbocycles. The maximum atomic E-state index is 2.49. The first-order valence-electron chi connectivity index (χ1n) is 16.8. The molecule has 0 fully saturated rings. The average Bonchev–Trinajstić information content (AvgIpc) is 3.38. The number of anilines is 3. The lowest BCUT2D eigenvalue weighted by Gasteiger charge is -2.28. The summed E-state index contributed by atoms with van der Waals surface area (Å²) < 4.78 is 0. The zero-order valence-electron chi connectivity index (χ0n) is 27.2.